The van der Waals surface area contributed by atoms with Crippen molar-refractivity contribution in [3.63, 3.8) is 0 Å². The minimum Gasteiger partial charge on any atom is -0.494 e. The van der Waals surface area contributed by atoms with Gasteiger partial charge in [-0.2, -0.15) is 0 Å². The average molecular weight is 404 g/mol. The average Bonchev–Trinajstić information content (AvgIpc) is 3.18. The van der Waals surface area contributed by atoms with Gasteiger partial charge in [-0.1, -0.05) is 23.2 Å². The van der Waals surface area contributed by atoms with Crippen LogP contribution in [0, 0.1) is 0 Å². The third kappa shape index (κ3) is 3.36. The van der Waals surface area contributed by atoms with E-state index >= 15 is 0 Å². The van der Waals surface area contributed by atoms with Crippen LogP contribution in [0.25, 0.3) is 5.69 Å². The Kier molecular flexibility index (Phi) is 4.73. The molecule has 2 heterocycles. The van der Waals surface area contributed by atoms with E-state index in [1.807, 2.05) is 0 Å². The van der Waals surface area contributed by atoms with Crippen LogP contribution in [0.15, 0.2) is 47.2 Å². The van der Waals surface area contributed by atoms with Crippen LogP contribution in [0.5, 0.6) is 5.75 Å². The van der Waals surface area contributed by atoms with Crippen LogP contribution in [0.1, 0.15) is 0 Å². The van der Waals surface area contributed by atoms with Crippen molar-refractivity contribution in [3.8, 4) is 11.4 Å². The molecular formula is C14H11Cl2N3O3S2. The molecule has 0 atom stereocenters. The molecule has 0 amide bonds. The molecule has 1 N–H and O–H groups in total. The molecule has 3 aromatic rings. The quantitative estimate of drug-likeness (QED) is 0.697. The van der Waals surface area contributed by atoms with E-state index < -0.39 is 10.0 Å². The number of ether oxygens (including phenoxy) is 1. The Bertz CT molecular complexity index is 950. The van der Waals surface area contributed by atoms with Gasteiger partial charge in [0, 0.05) is 18.5 Å². The molecule has 24 heavy (non-hydrogen) atoms. The van der Waals surface area contributed by atoms with Crippen molar-refractivity contribution in [2.45, 2.75) is 4.21 Å². The molecule has 6 nitrogen and oxygen atoms in total. The predicted octanol–water partition coefficient (Wildman–Crippen LogP) is 4.05. The van der Waals surface area contributed by atoms with Gasteiger partial charge in [0.25, 0.3) is 10.0 Å². The summed E-state index contributed by atoms with van der Waals surface area (Å²) in [6.45, 7) is 0. The Balaban J connectivity index is 1.93. The van der Waals surface area contributed by atoms with Crippen LogP contribution in [0.3, 0.4) is 0 Å². The molecule has 126 valence electrons. The Morgan fingerprint density at radius 3 is 2.67 bits per heavy atom. The molecule has 0 bridgehead atoms. The smallest absolute Gasteiger partial charge is 0.271 e. The highest BCUT2D eigenvalue weighted by atomic mass is 35.5. The second-order valence-corrected chi connectivity index (χ2v) is 8.62. The van der Waals surface area contributed by atoms with Gasteiger partial charge in [-0.25, -0.2) is 13.4 Å². The van der Waals surface area contributed by atoms with E-state index in [0.29, 0.717) is 11.4 Å². The summed E-state index contributed by atoms with van der Waals surface area (Å²) in [5.74, 6) is 0.496. The van der Waals surface area contributed by atoms with Gasteiger partial charge < -0.3 is 9.30 Å². The van der Waals surface area contributed by atoms with Crippen molar-refractivity contribution >= 4 is 50.2 Å². The minimum absolute atomic E-state index is 0.0372. The zero-order valence-corrected chi connectivity index (χ0v) is 15.4. The van der Waals surface area contributed by atoms with Crippen molar-refractivity contribution in [3.05, 3.63) is 52.3 Å². The monoisotopic (exact) mass is 403 g/mol. The lowest BCUT2D eigenvalue weighted by Crippen LogP contribution is -2.11. The standard InChI is InChI=1S/C14H11Cl2N3O3S2/c1-22-12-6-9(2-3-11(12)19-5-4-17-8-19)18-24(20,21)13-7-10(15)14(16)23-13/h2-8,18H,1H3. The van der Waals surface area contributed by atoms with E-state index in [4.69, 9.17) is 27.9 Å². The third-order valence-corrected chi connectivity index (χ3v) is 6.82. The molecule has 0 radical (unpaired) electrons. The molecule has 0 aliphatic rings. The first-order valence-corrected chi connectivity index (χ1v) is 9.60. The summed E-state index contributed by atoms with van der Waals surface area (Å²) in [7, 11) is -2.27. The van der Waals surface area contributed by atoms with E-state index in [-0.39, 0.29) is 13.6 Å². The summed E-state index contributed by atoms with van der Waals surface area (Å²) < 4.78 is 34.6. The Morgan fingerprint density at radius 1 is 1.29 bits per heavy atom. The normalized spacial score (nSPS) is 11.5. The maximum atomic E-state index is 12.4. The van der Waals surface area contributed by atoms with E-state index in [1.165, 1.54) is 13.2 Å². The minimum atomic E-state index is -3.78. The summed E-state index contributed by atoms with van der Waals surface area (Å²) in [5, 5.41) is 0.204. The van der Waals surface area contributed by atoms with E-state index in [2.05, 4.69) is 9.71 Å². The zero-order chi connectivity index (χ0) is 17.3. The lowest BCUT2D eigenvalue weighted by Gasteiger charge is -2.12. The molecule has 3 rings (SSSR count). The number of rotatable bonds is 5. The fraction of sp³-hybridized carbons (Fsp3) is 0.0714. The Hall–Kier alpha value is -1.74. The number of thiophene rings is 1. The van der Waals surface area contributed by atoms with Gasteiger partial charge in [0.1, 0.15) is 14.3 Å². The highest BCUT2D eigenvalue weighted by molar-refractivity contribution is 7.94. The molecule has 0 aliphatic carbocycles. The van der Waals surface area contributed by atoms with Gasteiger partial charge in [0.2, 0.25) is 0 Å². The van der Waals surface area contributed by atoms with Crippen LogP contribution in [0.4, 0.5) is 5.69 Å². The van der Waals surface area contributed by atoms with Crippen molar-refractivity contribution in [1.82, 2.24) is 9.55 Å². The number of nitrogens with one attached hydrogen (secondary N) is 1. The maximum absolute atomic E-state index is 12.4. The number of sulfonamides is 1. The molecule has 0 saturated carbocycles. The first kappa shape index (κ1) is 17.1. The molecular weight excluding hydrogens is 393 g/mol. The first-order valence-electron chi connectivity index (χ1n) is 6.55. The number of hydrogen-bond acceptors (Lipinski definition) is 5. The lowest BCUT2D eigenvalue weighted by molar-refractivity contribution is 0.413. The van der Waals surface area contributed by atoms with Crippen molar-refractivity contribution < 1.29 is 13.2 Å². The van der Waals surface area contributed by atoms with Gasteiger partial charge in [-0.05, 0) is 18.2 Å². The fourth-order valence-corrected chi connectivity index (χ4v) is 4.95. The van der Waals surface area contributed by atoms with Crippen LogP contribution < -0.4 is 9.46 Å². The number of imidazole rings is 1. The third-order valence-electron chi connectivity index (χ3n) is 3.10. The van der Waals surface area contributed by atoms with Gasteiger partial charge >= 0.3 is 0 Å². The van der Waals surface area contributed by atoms with Crippen molar-refractivity contribution in [2.75, 3.05) is 11.8 Å². The molecule has 0 unspecified atom stereocenters. The summed E-state index contributed by atoms with van der Waals surface area (Å²) in [5.41, 5.74) is 1.09. The molecule has 0 fully saturated rings. The van der Waals surface area contributed by atoms with E-state index in [0.717, 1.165) is 17.0 Å². The second-order valence-electron chi connectivity index (χ2n) is 4.65. The van der Waals surface area contributed by atoms with Crippen LogP contribution in [-0.4, -0.2) is 25.1 Å². The maximum Gasteiger partial charge on any atom is 0.271 e. The molecule has 1 aromatic carbocycles. The molecule has 10 heteroatoms. The second kappa shape index (κ2) is 6.64. The number of hydrogen-bond donors (Lipinski definition) is 1. The summed E-state index contributed by atoms with van der Waals surface area (Å²) in [4.78, 5) is 3.98. The number of aromatic nitrogens is 2. The van der Waals surface area contributed by atoms with Crippen LogP contribution in [0.2, 0.25) is 9.36 Å². The largest absolute Gasteiger partial charge is 0.494 e. The number of anilines is 1. The highest BCUT2D eigenvalue weighted by Crippen LogP contribution is 2.35. The zero-order valence-electron chi connectivity index (χ0n) is 12.2. The fourth-order valence-electron chi connectivity index (χ4n) is 2.02. The van der Waals surface area contributed by atoms with E-state index in [1.54, 1.807) is 41.5 Å². The van der Waals surface area contributed by atoms with Crippen molar-refractivity contribution in [1.29, 1.82) is 0 Å². The number of halogens is 2. The summed E-state index contributed by atoms with van der Waals surface area (Å²) >= 11 is 12.5. The molecule has 0 aliphatic heterocycles. The molecule has 2 aromatic heterocycles. The number of nitrogens with zero attached hydrogens (tertiary/aromatic N) is 2. The highest BCUT2D eigenvalue weighted by Gasteiger charge is 2.20. The van der Waals surface area contributed by atoms with Gasteiger partial charge in [0.05, 0.1) is 29.8 Å². The summed E-state index contributed by atoms with van der Waals surface area (Å²) in [6, 6.07) is 6.26. The van der Waals surface area contributed by atoms with Crippen molar-refractivity contribution in [2.24, 2.45) is 0 Å². The predicted molar refractivity (Wildman–Crippen MR) is 95.3 cm³/mol. The number of methoxy groups -OCH3 is 1. The van der Waals surface area contributed by atoms with Crippen LogP contribution >= 0.6 is 34.5 Å². The first-order chi connectivity index (χ1) is 11.4. The van der Waals surface area contributed by atoms with Gasteiger partial charge in [0.15, 0.2) is 0 Å². The molecule has 0 spiro atoms. The topological polar surface area (TPSA) is 73.2 Å². The SMILES string of the molecule is COc1cc(NS(=O)(=O)c2cc(Cl)c(Cl)s2)ccc1-n1ccnc1. The molecule has 0 saturated heterocycles. The number of benzene rings is 1. The van der Waals surface area contributed by atoms with Gasteiger partial charge in [-0.3, -0.25) is 4.72 Å². The summed E-state index contributed by atoms with van der Waals surface area (Å²) in [6.07, 6.45) is 5.02. The Labute approximate surface area is 152 Å². The van der Waals surface area contributed by atoms with Crippen LogP contribution in [-0.2, 0) is 10.0 Å². The van der Waals surface area contributed by atoms with E-state index in [9.17, 15) is 8.42 Å². The van der Waals surface area contributed by atoms with Gasteiger partial charge in [-0.15, -0.1) is 11.3 Å². The lowest BCUT2D eigenvalue weighted by atomic mass is 10.2. The Morgan fingerprint density at radius 2 is 2.08 bits per heavy atom.